The third-order valence-electron chi connectivity index (χ3n) is 3.26. The Balaban J connectivity index is 0.00000192. The first kappa shape index (κ1) is 17.7. The largest absolute Gasteiger partial charge is 0.453 e. The van der Waals surface area contributed by atoms with E-state index in [1.54, 1.807) is 42.1 Å². The van der Waals surface area contributed by atoms with E-state index >= 15 is 0 Å². The summed E-state index contributed by atoms with van der Waals surface area (Å²) in [7, 11) is 0. The van der Waals surface area contributed by atoms with Gasteiger partial charge in [-0.15, -0.1) is 24.2 Å². The second-order valence-electron chi connectivity index (χ2n) is 4.76. The Bertz CT molecular complexity index is 851. The van der Waals surface area contributed by atoms with Gasteiger partial charge in [0.2, 0.25) is 5.78 Å². The Labute approximate surface area is 149 Å². The number of hydrogen-bond acceptors (Lipinski definition) is 3. The number of halogens is 2. The summed E-state index contributed by atoms with van der Waals surface area (Å²) in [5.41, 5.74) is 1.63. The molecule has 0 bridgehead atoms. The highest BCUT2D eigenvalue weighted by molar-refractivity contribution is 7.98. The second-order valence-corrected chi connectivity index (χ2v) is 6.08. The van der Waals surface area contributed by atoms with Crippen LogP contribution in [0, 0.1) is 0 Å². The van der Waals surface area contributed by atoms with Crippen LogP contribution >= 0.6 is 35.8 Å². The first-order chi connectivity index (χ1) is 10.7. The summed E-state index contributed by atoms with van der Waals surface area (Å²) >= 11 is 7.62. The van der Waals surface area contributed by atoms with Crippen molar-refractivity contribution in [2.24, 2.45) is 0 Å². The Morgan fingerprint density at radius 2 is 1.87 bits per heavy atom. The maximum Gasteiger partial charge on any atom is 0.221 e. The van der Waals surface area contributed by atoms with Crippen LogP contribution in [0.4, 0.5) is 0 Å². The number of thioether (sulfide) groups is 1. The summed E-state index contributed by atoms with van der Waals surface area (Å²) in [6.07, 6.45) is 5.34. The summed E-state index contributed by atoms with van der Waals surface area (Å²) in [6.45, 7) is 0. The van der Waals surface area contributed by atoms with E-state index in [1.807, 2.05) is 30.5 Å². The SMILES string of the molecule is CSc1ccc(/C=C/C(=O)c2cc3cc(Cl)ccc3o2)cc1.Cl. The molecule has 0 spiro atoms. The Morgan fingerprint density at radius 3 is 2.57 bits per heavy atom. The highest BCUT2D eigenvalue weighted by atomic mass is 35.5. The zero-order chi connectivity index (χ0) is 15.5. The van der Waals surface area contributed by atoms with Crippen LogP contribution in [0.25, 0.3) is 17.0 Å². The Morgan fingerprint density at radius 1 is 1.13 bits per heavy atom. The maximum atomic E-state index is 12.2. The number of ketones is 1. The van der Waals surface area contributed by atoms with Crippen LogP contribution in [0.15, 0.2) is 63.9 Å². The maximum absolute atomic E-state index is 12.2. The molecule has 0 unspecified atom stereocenters. The number of fused-ring (bicyclic) bond motifs is 1. The lowest BCUT2D eigenvalue weighted by molar-refractivity contribution is 0.102. The van der Waals surface area contributed by atoms with Crippen molar-refractivity contribution in [3.8, 4) is 0 Å². The number of hydrogen-bond donors (Lipinski definition) is 0. The number of benzene rings is 2. The van der Waals surface area contributed by atoms with Gasteiger partial charge >= 0.3 is 0 Å². The number of allylic oxidation sites excluding steroid dienone is 1. The van der Waals surface area contributed by atoms with Crippen LogP contribution in [0.1, 0.15) is 16.1 Å². The Kier molecular flexibility index (Phi) is 5.94. The molecule has 0 fully saturated rings. The molecule has 2 nitrogen and oxygen atoms in total. The molecule has 0 radical (unpaired) electrons. The fraction of sp³-hybridized carbons (Fsp3) is 0.0556. The normalized spacial score (nSPS) is 10.9. The molecule has 2 aromatic carbocycles. The molecule has 1 aromatic heterocycles. The molecule has 0 amide bonds. The van der Waals surface area contributed by atoms with Crippen LogP contribution in [0.2, 0.25) is 5.02 Å². The van der Waals surface area contributed by atoms with Crippen molar-refractivity contribution in [2.45, 2.75) is 4.90 Å². The average molecular weight is 365 g/mol. The van der Waals surface area contributed by atoms with E-state index in [2.05, 4.69) is 0 Å². The monoisotopic (exact) mass is 364 g/mol. The van der Waals surface area contributed by atoms with Gasteiger partial charge in [-0.3, -0.25) is 4.79 Å². The van der Waals surface area contributed by atoms with E-state index in [1.165, 1.54) is 11.0 Å². The lowest BCUT2D eigenvalue weighted by atomic mass is 10.2. The smallest absolute Gasteiger partial charge is 0.221 e. The van der Waals surface area contributed by atoms with Crippen molar-refractivity contribution in [2.75, 3.05) is 6.26 Å². The Hall–Kier alpha value is -1.68. The quantitative estimate of drug-likeness (QED) is 0.317. The lowest BCUT2D eigenvalue weighted by Gasteiger charge is -1.96. The van der Waals surface area contributed by atoms with Gasteiger partial charge in [0.05, 0.1) is 0 Å². The lowest BCUT2D eigenvalue weighted by Crippen LogP contribution is -1.90. The molecule has 0 aliphatic rings. The van der Waals surface area contributed by atoms with Crippen LogP contribution in [0.3, 0.4) is 0 Å². The van der Waals surface area contributed by atoms with Gasteiger partial charge in [0.25, 0.3) is 0 Å². The minimum atomic E-state index is -0.165. The molecular weight excluding hydrogens is 351 g/mol. The van der Waals surface area contributed by atoms with Crippen LogP contribution in [-0.2, 0) is 0 Å². The molecule has 0 saturated heterocycles. The molecule has 0 saturated carbocycles. The van der Waals surface area contributed by atoms with Crippen LogP contribution in [-0.4, -0.2) is 12.0 Å². The minimum absolute atomic E-state index is 0. The van der Waals surface area contributed by atoms with E-state index in [9.17, 15) is 4.79 Å². The van der Waals surface area contributed by atoms with E-state index in [4.69, 9.17) is 16.0 Å². The van der Waals surface area contributed by atoms with Crippen LogP contribution in [0.5, 0.6) is 0 Å². The van der Waals surface area contributed by atoms with Crippen LogP contribution < -0.4 is 0 Å². The van der Waals surface area contributed by atoms with E-state index in [-0.39, 0.29) is 18.2 Å². The summed E-state index contributed by atoms with van der Waals surface area (Å²) < 4.78 is 5.55. The molecule has 0 aliphatic carbocycles. The summed E-state index contributed by atoms with van der Waals surface area (Å²) in [5.74, 6) is 0.149. The second kappa shape index (κ2) is 7.73. The predicted octanol–water partition coefficient (Wildman–Crippen LogP) is 6.13. The summed E-state index contributed by atoms with van der Waals surface area (Å²) in [6, 6.07) is 15.0. The van der Waals surface area contributed by atoms with Crippen molar-refractivity contribution in [3.05, 3.63) is 71.0 Å². The molecular formula is C18H14Cl2O2S. The number of carbonyl (C=O) groups is 1. The number of rotatable bonds is 4. The highest BCUT2D eigenvalue weighted by Crippen LogP contribution is 2.23. The molecule has 3 aromatic rings. The standard InChI is InChI=1S/C18H13ClO2S.ClH/c1-22-15-6-2-12(3-7-15)4-8-16(20)18-11-13-10-14(19)5-9-17(13)21-18;/h2-11H,1H3;1H/b8-4+;. The zero-order valence-corrected chi connectivity index (χ0v) is 14.7. The van der Waals surface area contributed by atoms with Gasteiger partial charge in [-0.05, 0) is 54.3 Å². The first-order valence-electron chi connectivity index (χ1n) is 6.71. The number of carbonyl (C=O) groups excluding carboxylic acids is 1. The third-order valence-corrected chi connectivity index (χ3v) is 4.24. The van der Waals surface area contributed by atoms with Gasteiger partial charge in [-0.1, -0.05) is 29.8 Å². The predicted molar refractivity (Wildman–Crippen MR) is 100 cm³/mol. The van der Waals surface area contributed by atoms with Crippen molar-refractivity contribution in [1.82, 2.24) is 0 Å². The van der Waals surface area contributed by atoms with Gasteiger partial charge < -0.3 is 4.42 Å². The summed E-state index contributed by atoms with van der Waals surface area (Å²) in [5, 5.41) is 1.45. The molecule has 0 atom stereocenters. The van der Waals surface area contributed by atoms with E-state index < -0.39 is 0 Å². The number of furan rings is 1. The van der Waals surface area contributed by atoms with Gasteiger partial charge in [0.1, 0.15) is 5.58 Å². The van der Waals surface area contributed by atoms with E-state index in [0.717, 1.165) is 10.9 Å². The fourth-order valence-corrected chi connectivity index (χ4v) is 2.69. The average Bonchev–Trinajstić information content (AvgIpc) is 2.96. The molecule has 0 N–H and O–H groups in total. The van der Waals surface area contributed by atoms with Gasteiger partial charge in [0.15, 0.2) is 5.76 Å². The topological polar surface area (TPSA) is 30.2 Å². The summed E-state index contributed by atoms with van der Waals surface area (Å²) in [4.78, 5) is 13.4. The molecule has 23 heavy (non-hydrogen) atoms. The first-order valence-corrected chi connectivity index (χ1v) is 8.31. The third kappa shape index (κ3) is 4.20. The molecule has 3 rings (SSSR count). The molecule has 1 heterocycles. The molecule has 0 aliphatic heterocycles. The van der Waals surface area contributed by atoms with Crippen molar-refractivity contribution < 1.29 is 9.21 Å². The molecule has 5 heteroatoms. The fourth-order valence-electron chi connectivity index (χ4n) is 2.10. The van der Waals surface area contributed by atoms with Crippen molar-refractivity contribution in [1.29, 1.82) is 0 Å². The van der Waals surface area contributed by atoms with Crippen molar-refractivity contribution in [3.63, 3.8) is 0 Å². The minimum Gasteiger partial charge on any atom is -0.453 e. The van der Waals surface area contributed by atoms with Gasteiger partial charge in [-0.2, -0.15) is 0 Å². The molecule has 118 valence electrons. The van der Waals surface area contributed by atoms with Gasteiger partial charge in [0, 0.05) is 15.3 Å². The zero-order valence-electron chi connectivity index (χ0n) is 12.3. The van der Waals surface area contributed by atoms with E-state index in [0.29, 0.717) is 16.4 Å². The van der Waals surface area contributed by atoms with Crippen molar-refractivity contribution >= 4 is 58.6 Å². The highest BCUT2D eigenvalue weighted by Gasteiger charge is 2.09. The van der Waals surface area contributed by atoms with Gasteiger partial charge in [-0.25, -0.2) is 0 Å².